The second kappa shape index (κ2) is 40.2. The lowest BCUT2D eigenvalue weighted by atomic mass is 10.0. The molecule has 0 aliphatic rings. The van der Waals surface area contributed by atoms with Gasteiger partial charge in [0.25, 0.3) is 7.82 Å². The summed E-state index contributed by atoms with van der Waals surface area (Å²) >= 11 is 0. The van der Waals surface area contributed by atoms with Crippen LogP contribution < -0.4 is 4.89 Å². The zero-order chi connectivity index (χ0) is 41.3. The average molecular weight is 810 g/mol. The highest BCUT2D eigenvalue weighted by Crippen LogP contribution is 2.38. The van der Waals surface area contributed by atoms with Crippen molar-refractivity contribution in [3.8, 4) is 0 Å². The van der Waals surface area contributed by atoms with Crippen LogP contribution in [0.2, 0.25) is 0 Å². The molecule has 0 saturated carbocycles. The maximum Gasteiger partial charge on any atom is 0.306 e. The Morgan fingerprint density at radius 1 is 0.571 bits per heavy atom. The number of phosphoric acid groups is 1. The topological polar surface area (TPSA) is 94.1 Å². The molecule has 0 saturated heterocycles. The van der Waals surface area contributed by atoms with Crippen molar-refractivity contribution >= 4 is 13.8 Å². The number of carbonyl (C=O) groups excluding carboxylic acids is 1. The molecule has 0 aromatic heterocycles. The van der Waals surface area contributed by atoms with E-state index in [2.05, 4.69) is 62.5 Å². The average Bonchev–Trinajstić information content (AvgIpc) is 3.15. The van der Waals surface area contributed by atoms with E-state index in [1.807, 2.05) is 21.1 Å². The molecule has 0 radical (unpaired) electrons. The number of allylic oxidation sites excluding steroid dienone is 8. The maximum atomic E-state index is 12.7. The van der Waals surface area contributed by atoms with Gasteiger partial charge in [-0.2, -0.15) is 0 Å². The first-order valence-electron chi connectivity index (χ1n) is 22.9. The van der Waals surface area contributed by atoms with E-state index in [0.29, 0.717) is 24.1 Å². The van der Waals surface area contributed by atoms with E-state index < -0.39 is 13.9 Å². The Morgan fingerprint density at radius 3 is 1.55 bits per heavy atom. The third-order valence-corrected chi connectivity index (χ3v) is 10.6. The van der Waals surface area contributed by atoms with Crippen LogP contribution in [-0.4, -0.2) is 70.7 Å². The molecular weight excluding hydrogens is 721 g/mol. The number of likely N-dealkylation sites (N-methyl/N-ethyl adjacent to an activating group) is 1. The summed E-state index contributed by atoms with van der Waals surface area (Å²) in [4.78, 5) is 25.1. The molecule has 9 heteroatoms. The van der Waals surface area contributed by atoms with E-state index in [0.717, 1.165) is 70.6 Å². The van der Waals surface area contributed by atoms with Crippen molar-refractivity contribution in [2.24, 2.45) is 0 Å². The fourth-order valence-corrected chi connectivity index (χ4v) is 6.85. The first-order valence-corrected chi connectivity index (χ1v) is 24.3. The van der Waals surface area contributed by atoms with Crippen LogP contribution in [-0.2, 0) is 27.9 Å². The molecule has 0 aliphatic heterocycles. The normalized spacial score (nSPS) is 14.2. The second-order valence-electron chi connectivity index (χ2n) is 16.4. The van der Waals surface area contributed by atoms with Crippen LogP contribution >= 0.6 is 7.82 Å². The highest BCUT2D eigenvalue weighted by molar-refractivity contribution is 7.45. The molecule has 0 aromatic carbocycles. The van der Waals surface area contributed by atoms with Gasteiger partial charge < -0.3 is 27.9 Å². The molecular formula is C47H88NO7P. The van der Waals surface area contributed by atoms with Crippen molar-refractivity contribution < 1.29 is 37.3 Å². The number of esters is 1. The summed E-state index contributed by atoms with van der Waals surface area (Å²) in [6, 6.07) is 0. The zero-order valence-corrected chi connectivity index (χ0v) is 38.0. The lowest BCUT2D eigenvalue weighted by molar-refractivity contribution is -0.870. The number of hydrogen-bond acceptors (Lipinski definition) is 7. The van der Waals surface area contributed by atoms with E-state index in [4.69, 9.17) is 18.5 Å². The monoisotopic (exact) mass is 810 g/mol. The summed E-state index contributed by atoms with van der Waals surface area (Å²) in [6.07, 6.45) is 48.3. The van der Waals surface area contributed by atoms with Gasteiger partial charge in [-0.05, 0) is 51.4 Å². The van der Waals surface area contributed by atoms with E-state index in [-0.39, 0.29) is 25.8 Å². The third kappa shape index (κ3) is 43.6. The number of hydrogen-bond donors (Lipinski definition) is 0. The van der Waals surface area contributed by atoms with Gasteiger partial charge in [-0.3, -0.25) is 9.36 Å². The van der Waals surface area contributed by atoms with Gasteiger partial charge in [-0.15, -0.1) is 0 Å². The fourth-order valence-electron chi connectivity index (χ4n) is 6.13. The Balaban J connectivity index is 4.24. The molecule has 0 heterocycles. The van der Waals surface area contributed by atoms with Crippen molar-refractivity contribution in [2.45, 2.75) is 193 Å². The summed E-state index contributed by atoms with van der Waals surface area (Å²) in [7, 11) is 1.34. The molecule has 0 bridgehead atoms. The molecule has 0 spiro atoms. The Morgan fingerprint density at radius 2 is 1.04 bits per heavy atom. The Labute approximate surface area is 346 Å². The standard InChI is InChI=1S/C47H88NO7P/c1-6-8-10-12-14-16-18-20-22-24-25-27-29-31-33-35-37-39-42-52-44-46(45-54-56(50,51)53-43-41-48(3,4)5)55-47(49)40-38-36-34-32-30-28-26-23-21-19-17-15-13-11-9-7-2/h8,10,14,16,20,22,25,27,46H,6-7,9,11-13,15,17-19,21,23-24,26,28-45H2,1-5H3/b10-8-,16-14-,22-20-,27-25-. The van der Waals surface area contributed by atoms with E-state index in [1.165, 1.54) is 96.3 Å². The highest BCUT2D eigenvalue weighted by atomic mass is 31.2. The molecule has 0 amide bonds. The van der Waals surface area contributed by atoms with Gasteiger partial charge in [-0.1, -0.05) is 178 Å². The second-order valence-corrected chi connectivity index (χ2v) is 17.8. The van der Waals surface area contributed by atoms with Crippen molar-refractivity contribution in [1.29, 1.82) is 0 Å². The van der Waals surface area contributed by atoms with Crippen molar-refractivity contribution in [3.05, 3.63) is 48.6 Å². The molecule has 0 aromatic rings. The Kier molecular flexibility index (Phi) is 39.1. The minimum atomic E-state index is -4.53. The summed E-state index contributed by atoms with van der Waals surface area (Å²) in [5.74, 6) is -0.340. The zero-order valence-electron chi connectivity index (χ0n) is 37.1. The number of rotatable bonds is 42. The van der Waals surface area contributed by atoms with Crippen LogP contribution in [0.1, 0.15) is 187 Å². The largest absolute Gasteiger partial charge is 0.756 e. The van der Waals surface area contributed by atoms with Gasteiger partial charge in [0, 0.05) is 13.0 Å². The fraction of sp³-hybridized carbons (Fsp3) is 0.809. The first-order chi connectivity index (χ1) is 27.1. The van der Waals surface area contributed by atoms with Crippen molar-refractivity contribution in [1.82, 2.24) is 0 Å². The third-order valence-electron chi connectivity index (χ3n) is 9.64. The molecule has 8 nitrogen and oxygen atoms in total. The molecule has 0 N–H and O–H groups in total. The number of nitrogens with zero attached hydrogens (tertiary/aromatic N) is 1. The SMILES string of the molecule is CC/C=C\C/C=C\C/C=C\C/C=C\CCCCCCCOCC(COP(=O)([O-])OCC[N+](C)(C)C)OC(=O)CCCCCCCCCCCCCCCCCC. The minimum Gasteiger partial charge on any atom is -0.756 e. The quantitative estimate of drug-likeness (QED) is 0.0199. The van der Waals surface area contributed by atoms with Crippen LogP contribution in [0.4, 0.5) is 0 Å². The summed E-state index contributed by atoms with van der Waals surface area (Å²) in [6.45, 7) is 5.27. The van der Waals surface area contributed by atoms with Crippen LogP contribution in [0.5, 0.6) is 0 Å². The molecule has 0 aliphatic carbocycles. The molecule has 56 heavy (non-hydrogen) atoms. The number of unbranched alkanes of at least 4 members (excludes halogenated alkanes) is 20. The molecule has 2 atom stereocenters. The molecule has 0 rings (SSSR count). The predicted molar refractivity (Wildman–Crippen MR) is 236 cm³/mol. The van der Waals surface area contributed by atoms with Crippen LogP contribution in [0, 0.1) is 0 Å². The van der Waals surface area contributed by atoms with Gasteiger partial charge >= 0.3 is 5.97 Å². The minimum absolute atomic E-state index is 0.0218. The summed E-state index contributed by atoms with van der Waals surface area (Å²) in [5.41, 5.74) is 0. The number of carbonyl (C=O) groups is 1. The van der Waals surface area contributed by atoms with E-state index in [1.54, 1.807) is 0 Å². The maximum absolute atomic E-state index is 12.7. The van der Waals surface area contributed by atoms with Gasteiger partial charge in [0.15, 0.2) is 0 Å². The Bertz CT molecular complexity index is 1040. The van der Waals surface area contributed by atoms with Crippen molar-refractivity contribution in [3.63, 3.8) is 0 Å². The lowest BCUT2D eigenvalue weighted by Gasteiger charge is -2.28. The van der Waals surface area contributed by atoms with Crippen LogP contribution in [0.3, 0.4) is 0 Å². The molecule has 2 unspecified atom stereocenters. The van der Waals surface area contributed by atoms with Crippen LogP contribution in [0.15, 0.2) is 48.6 Å². The summed E-state index contributed by atoms with van der Waals surface area (Å²) in [5, 5.41) is 0. The smallest absolute Gasteiger partial charge is 0.306 e. The van der Waals surface area contributed by atoms with Crippen molar-refractivity contribution in [2.75, 3.05) is 54.1 Å². The van der Waals surface area contributed by atoms with Gasteiger partial charge in [-0.25, -0.2) is 0 Å². The summed E-state index contributed by atoms with van der Waals surface area (Å²) < 4.78 is 34.6. The number of phosphoric ester groups is 1. The van der Waals surface area contributed by atoms with Gasteiger partial charge in [0.2, 0.25) is 0 Å². The van der Waals surface area contributed by atoms with Gasteiger partial charge in [0.05, 0.1) is 34.4 Å². The Hall–Kier alpha value is -1.54. The van der Waals surface area contributed by atoms with E-state index in [9.17, 15) is 14.3 Å². The molecule has 0 fully saturated rings. The van der Waals surface area contributed by atoms with E-state index >= 15 is 0 Å². The van der Waals surface area contributed by atoms with Crippen LogP contribution in [0.25, 0.3) is 0 Å². The van der Waals surface area contributed by atoms with Gasteiger partial charge in [0.1, 0.15) is 19.3 Å². The highest BCUT2D eigenvalue weighted by Gasteiger charge is 2.20. The lowest BCUT2D eigenvalue weighted by Crippen LogP contribution is -2.37. The number of quaternary nitrogens is 1. The molecule has 328 valence electrons. The number of ether oxygens (including phenoxy) is 2. The first kappa shape index (κ1) is 54.5. The predicted octanol–water partition coefficient (Wildman–Crippen LogP) is 12.9.